The van der Waals surface area contributed by atoms with E-state index in [1.165, 1.54) is 11.1 Å². The molecule has 1 aromatic carbocycles. The molecule has 2 rings (SSSR count). The molecule has 0 atom stereocenters. The molecular weight excluding hydrogens is 162 g/mol. The van der Waals surface area contributed by atoms with Crippen LogP contribution in [0.15, 0.2) is 24.5 Å². The average Bonchev–Trinajstić information content (AvgIpc) is 2.56. The molecule has 3 nitrogen and oxygen atoms in total. The molecule has 0 fully saturated rings. The van der Waals surface area contributed by atoms with Crippen LogP contribution >= 0.6 is 0 Å². The lowest BCUT2D eigenvalue weighted by Crippen LogP contribution is -1.86. The van der Waals surface area contributed by atoms with Crippen LogP contribution in [0.1, 0.15) is 11.1 Å². The van der Waals surface area contributed by atoms with Crippen molar-refractivity contribution in [2.75, 3.05) is 0 Å². The Morgan fingerprint density at radius 2 is 2.08 bits per heavy atom. The van der Waals surface area contributed by atoms with Crippen molar-refractivity contribution in [1.82, 2.24) is 15.2 Å². The van der Waals surface area contributed by atoms with Gasteiger partial charge in [-0.2, -0.15) is 5.10 Å². The molecule has 0 aliphatic carbocycles. The molecule has 2 aromatic rings. The zero-order valence-electron chi connectivity index (χ0n) is 7.70. The van der Waals surface area contributed by atoms with Gasteiger partial charge in [-0.05, 0) is 19.4 Å². The van der Waals surface area contributed by atoms with Gasteiger partial charge >= 0.3 is 0 Å². The summed E-state index contributed by atoms with van der Waals surface area (Å²) in [5.41, 5.74) is 3.56. The van der Waals surface area contributed by atoms with E-state index >= 15 is 0 Å². The molecule has 0 saturated carbocycles. The average molecular weight is 173 g/mol. The van der Waals surface area contributed by atoms with Crippen molar-refractivity contribution in [3.05, 3.63) is 35.7 Å². The summed E-state index contributed by atoms with van der Waals surface area (Å²) in [5, 5.41) is 6.75. The number of hydrogen-bond donors (Lipinski definition) is 1. The minimum atomic E-state index is 0.762. The van der Waals surface area contributed by atoms with Gasteiger partial charge < -0.3 is 0 Å². The molecule has 0 aliphatic rings. The first-order valence-electron chi connectivity index (χ1n) is 4.21. The van der Waals surface area contributed by atoms with E-state index in [-0.39, 0.29) is 0 Å². The second-order valence-corrected chi connectivity index (χ2v) is 3.14. The van der Waals surface area contributed by atoms with Crippen molar-refractivity contribution in [1.29, 1.82) is 0 Å². The highest BCUT2D eigenvalue weighted by atomic mass is 15.2. The van der Waals surface area contributed by atoms with E-state index in [2.05, 4.69) is 41.2 Å². The first-order valence-corrected chi connectivity index (χ1v) is 4.21. The molecule has 0 unspecified atom stereocenters. The maximum absolute atomic E-state index is 4.11. The van der Waals surface area contributed by atoms with E-state index in [1.54, 1.807) is 6.33 Å². The first kappa shape index (κ1) is 7.98. The van der Waals surface area contributed by atoms with Gasteiger partial charge in [0.1, 0.15) is 6.33 Å². The van der Waals surface area contributed by atoms with Gasteiger partial charge in [0.25, 0.3) is 0 Å². The van der Waals surface area contributed by atoms with E-state index in [0.717, 1.165) is 11.4 Å². The summed E-state index contributed by atoms with van der Waals surface area (Å²) >= 11 is 0. The van der Waals surface area contributed by atoms with Crippen LogP contribution in [0, 0.1) is 13.8 Å². The second kappa shape index (κ2) is 3.01. The fourth-order valence-electron chi connectivity index (χ4n) is 1.40. The molecule has 0 spiro atoms. The van der Waals surface area contributed by atoms with E-state index in [0.29, 0.717) is 0 Å². The van der Waals surface area contributed by atoms with Crippen molar-refractivity contribution in [2.45, 2.75) is 13.8 Å². The SMILES string of the molecule is Cc1ccc(-c2nc[nH]n2)c(C)c1. The highest BCUT2D eigenvalue weighted by Crippen LogP contribution is 2.19. The van der Waals surface area contributed by atoms with Crippen LogP contribution in [0.4, 0.5) is 0 Å². The lowest BCUT2D eigenvalue weighted by atomic mass is 10.1. The molecule has 0 aliphatic heterocycles. The molecule has 1 aromatic heterocycles. The predicted octanol–water partition coefficient (Wildman–Crippen LogP) is 2.09. The van der Waals surface area contributed by atoms with Gasteiger partial charge in [-0.1, -0.05) is 23.8 Å². The van der Waals surface area contributed by atoms with Gasteiger partial charge in [0.2, 0.25) is 0 Å². The van der Waals surface area contributed by atoms with Crippen molar-refractivity contribution in [3.8, 4) is 11.4 Å². The van der Waals surface area contributed by atoms with Gasteiger partial charge in [0.15, 0.2) is 5.82 Å². The van der Waals surface area contributed by atoms with E-state index in [4.69, 9.17) is 0 Å². The van der Waals surface area contributed by atoms with Crippen LogP contribution < -0.4 is 0 Å². The van der Waals surface area contributed by atoms with Gasteiger partial charge in [0, 0.05) is 5.56 Å². The third-order valence-corrected chi connectivity index (χ3v) is 2.04. The minimum Gasteiger partial charge on any atom is -0.265 e. The largest absolute Gasteiger partial charge is 0.265 e. The predicted molar refractivity (Wildman–Crippen MR) is 51.3 cm³/mol. The number of benzene rings is 1. The van der Waals surface area contributed by atoms with Crippen LogP contribution in [0.25, 0.3) is 11.4 Å². The lowest BCUT2D eigenvalue weighted by molar-refractivity contribution is 1.09. The fraction of sp³-hybridized carbons (Fsp3) is 0.200. The van der Waals surface area contributed by atoms with Gasteiger partial charge in [0.05, 0.1) is 0 Å². The Bertz CT molecular complexity index is 404. The second-order valence-electron chi connectivity index (χ2n) is 3.14. The molecular formula is C10H11N3. The zero-order chi connectivity index (χ0) is 9.26. The number of H-pyrrole nitrogens is 1. The lowest BCUT2D eigenvalue weighted by Gasteiger charge is -2.01. The zero-order valence-corrected chi connectivity index (χ0v) is 7.70. The van der Waals surface area contributed by atoms with E-state index < -0.39 is 0 Å². The number of aromatic amines is 1. The van der Waals surface area contributed by atoms with Gasteiger partial charge in [-0.3, -0.25) is 5.10 Å². The van der Waals surface area contributed by atoms with Crippen LogP contribution in [-0.2, 0) is 0 Å². The quantitative estimate of drug-likeness (QED) is 0.717. The van der Waals surface area contributed by atoms with Gasteiger partial charge in [-0.15, -0.1) is 0 Å². The number of nitrogens with zero attached hydrogens (tertiary/aromatic N) is 2. The molecule has 1 heterocycles. The Morgan fingerprint density at radius 3 is 2.69 bits per heavy atom. The molecule has 66 valence electrons. The Labute approximate surface area is 76.8 Å². The fourth-order valence-corrected chi connectivity index (χ4v) is 1.40. The molecule has 3 heteroatoms. The maximum atomic E-state index is 4.11. The summed E-state index contributed by atoms with van der Waals surface area (Å²) in [6.45, 7) is 4.15. The number of rotatable bonds is 1. The van der Waals surface area contributed by atoms with Crippen molar-refractivity contribution < 1.29 is 0 Å². The molecule has 0 radical (unpaired) electrons. The normalized spacial score (nSPS) is 10.3. The number of nitrogens with one attached hydrogen (secondary N) is 1. The summed E-state index contributed by atoms with van der Waals surface area (Å²) in [6.07, 6.45) is 1.59. The number of hydrogen-bond acceptors (Lipinski definition) is 2. The maximum Gasteiger partial charge on any atom is 0.181 e. The van der Waals surface area contributed by atoms with Crippen LogP contribution in [0.2, 0.25) is 0 Å². The van der Waals surface area contributed by atoms with Crippen LogP contribution in [0.3, 0.4) is 0 Å². The molecule has 0 amide bonds. The van der Waals surface area contributed by atoms with E-state index in [9.17, 15) is 0 Å². The summed E-state index contributed by atoms with van der Waals surface area (Å²) in [5.74, 6) is 0.762. The van der Waals surface area contributed by atoms with Crippen molar-refractivity contribution in [3.63, 3.8) is 0 Å². The van der Waals surface area contributed by atoms with Gasteiger partial charge in [-0.25, -0.2) is 4.98 Å². The molecule has 0 saturated heterocycles. The first-order chi connectivity index (χ1) is 6.27. The topological polar surface area (TPSA) is 41.6 Å². The standard InChI is InChI=1S/C10H11N3/c1-7-3-4-9(8(2)5-7)10-11-6-12-13-10/h3-6H,1-2H3,(H,11,12,13). The Morgan fingerprint density at radius 1 is 1.23 bits per heavy atom. The smallest absolute Gasteiger partial charge is 0.181 e. The number of aryl methyl sites for hydroxylation is 2. The van der Waals surface area contributed by atoms with Crippen LogP contribution in [-0.4, -0.2) is 15.2 Å². The molecule has 13 heavy (non-hydrogen) atoms. The van der Waals surface area contributed by atoms with Crippen LogP contribution in [0.5, 0.6) is 0 Å². The highest BCUT2D eigenvalue weighted by molar-refractivity contribution is 5.59. The Balaban J connectivity index is 2.53. The summed E-state index contributed by atoms with van der Waals surface area (Å²) in [7, 11) is 0. The third-order valence-electron chi connectivity index (χ3n) is 2.04. The monoisotopic (exact) mass is 173 g/mol. The van der Waals surface area contributed by atoms with E-state index in [1.807, 2.05) is 6.07 Å². The minimum absolute atomic E-state index is 0.762. The highest BCUT2D eigenvalue weighted by Gasteiger charge is 2.04. The molecule has 1 N–H and O–H groups in total. The molecule has 0 bridgehead atoms. The Hall–Kier alpha value is -1.64. The number of aromatic nitrogens is 3. The Kier molecular flexibility index (Phi) is 1.85. The van der Waals surface area contributed by atoms with Crippen molar-refractivity contribution in [2.24, 2.45) is 0 Å². The third kappa shape index (κ3) is 1.45. The summed E-state index contributed by atoms with van der Waals surface area (Å²) < 4.78 is 0. The summed E-state index contributed by atoms with van der Waals surface area (Å²) in [4.78, 5) is 4.11. The summed E-state index contributed by atoms with van der Waals surface area (Å²) in [6, 6.07) is 6.25. The van der Waals surface area contributed by atoms with Crippen molar-refractivity contribution >= 4 is 0 Å².